The number of carbonyl (C=O) groups is 2. The number of rotatable bonds is 7. The second-order valence-electron chi connectivity index (χ2n) is 8.77. The van der Waals surface area contributed by atoms with Gasteiger partial charge in [0.2, 0.25) is 12.2 Å². The number of aliphatic hydroxyl groups is 3. The lowest BCUT2D eigenvalue weighted by atomic mass is 9.99. The van der Waals surface area contributed by atoms with E-state index >= 15 is 0 Å². The van der Waals surface area contributed by atoms with Crippen LogP contribution in [0.3, 0.4) is 0 Å². The van der Waals surface area contributed by atoms with Crippen molar-refractivity contribution in [3.63, 3.8) is 0 Å². The van der Waals surface area contributed by atoms with Crippen LogP contribution in [0.25, 0.3) is 0 Å². The molecule has 184 valence electrons. The third-order valence-electron chi connectivity index (χ3n) is 6.36. The number of piperidine rings is 1. The number of hydrogen-bond acceptors (Lipinski definition) is 8. The first-order valence-corrected chi connectivity index (χ1v) is 11.4. The number of nitrogens with one attached hydrogen (secondary N) is 1. The quantitative estimate of drug-likeness (QED) is 0.393. The summed E-state index contributed by atoms with van der Waals surface area (Å²) in [5.41, 5.74) is 1.96. The first kappa shape index (κ1) is 25.4. The number of ether oxygens (including phenoxy) is 2. The largest absolute Gasteiger partial charge is 0.479 e. The van der Waals surface area contributed by atoms with Crippen LogP contribution in [0, 0.1) is 13.8 Å². The number of aliphatic hydroxyl groups excluding tert-OH is 3. The topological polar surface area (TPSA) is 149 Å². The van der Waals surface area contributed by atoms with E-state index in [1.807, 2.05) is 6.92 Å². The summed E-state index contributed by atoms with van der Waals surface area (Å²) in [5.74, 6) is -1.33. The van der Waals surface area contributed by atoms with Crippen LogP contribution in [0.5, 0.6) is 5.75 Å². The molecular weight excluding hydrogens is 432 g/mol. The van der Waals surface area contributed by atoms with Crippen LogP contribution < -0.4 is 10.1 Å². The average molecular weight is 467 g/mol. The summed E-state index contributed by atoms with van der Waals surface area (Å²) in [7, 11) is 0. The Balaban J connectivity index is 1.79. The highest BCUT2D eigenvalue weighted by Crippen LogP contribution is 2.33. The Morgan fingerprint density at radius 2 is 1.88 bits per heavy atom. The highest BCUT2D eigenvalue weighted by atomic mass is 16.7. The van der Waals surface area contributed by atoms with Gasteiger partial charge in [-0.05, 0) is 57.8 Å². The van der Waals surface area contributed by atoms with Gasteiger partial charge in [0.25, 0.3) is 0 Å². The predicted octanol–water partition coefficient (Wildman–Crippen LogP) is 0.777. The molecular formula is C23H34N2O8. The minimum atomic E-state index is -1.80. The molecule has 6 atom stereocenters. The lowest BCUT2D eigenvalue weighted by Crippen LogP contribution is -2.61. The van der Waals surface area contributed by atoms with E-state index in [0.717, 1.165) is 44.3 Å². The summed E-state index contributed by atoms with van der Waals surface area (Å²) < 4.78 is 10.9. The number of carbonyl (C=O) groups excluding carboxylic acids is 1. The molecule has 0 aliphatic carbocycles. The molecule has 2 aliphatic rings. The lowest BCUT2D eigenvalue weighted by molar-refractivity contribution is -0.271. The van der Waals surface area contributed by atoms with Crippen molar-refractivity contribution < 1.29 is 39.5 Å². The second kappa shape index (κ2) is 10.8. The number of likely N-dealkylation sites (tertiary alicyclic amines) is 1. The highest BCUT2D eigenvalue weighted by Gasteiger charge is 2.48. The van der Waals surface area contributed by atoms with Crippen molar-refractivity contribution in [1.82, 2.24) is 4.90 Å². The maximum absolute atomic E-state index is 13.1. The molecule has 2 saturated heterocycles. The normalized spacial score (nSPS) is 30.6. The van der Waals surface area contributed by atoms with E-state index in [2.05, 4.69) is 17.1 Å². The number of anilines is 1. The first-order valence-electron chi connectivity index (χ1n) is 11.4. The molecule has 33 heavy (non-hydrogen) atoms. The number of benzene rings is 1. The minimum absolute atomic E-state index is 0.0927. The molecule has 3 rings (SSSR count). The van der Waals surface area contributed by atoms with Crippen molar-refractivity contribution in [3.8, 4) is 5.75 Å². The molecule has 0 bridgehead atoms. The smallest absolute Gasteiger partial charge is 0.335 e. The molecule has 10 heteroatoms. The van der Waals surface area contributed by atoms with Crippen LogP contribution in [-0.2, 0) is 14.3 Å². The van der Waals surface area contributed by atoms with Crippen LogP contribution in [-0.4, -0.2) is 87.0 Å². The Morgan fingerprint density at radius 1 is 1.15 bits per heavy atom. The molecule has 0 aromatic heterocycles. The van der Waals surface area contributed by atoms with Crippen molar-refractivity contribution in [2.75, 3.05) is 18.4 Å². The van der Waals surface area contributed by atoms with Crippen molar-refractivity contribution in [2.24, 2.45) is 0 Å². The fraction of sp³-hybridized carbons (Fsp3) is 0.652. The Labute approximate surface area is 193 Å². The highest BCUT2D eigenvalue weighted by molar-refractivity contribution is 5.96. The first-order chi connectivity index (χ1) is 15.6. The molecule has 1 aromatic rings. The monoisotopic (exact) mass is 466 g/mol. The third kappa shape index (κ3) is 5.47. The standard InChI is InChI=1S/C23H34N2O8/c1-4-10-25-11-6-5-7-14(25)21(29)24-16-12(2)8-9-15(13(16)3)32-23-19(28)17(26)18(27)20(33-23)22(30)31/h8-9,14,17-20,23,26-28H,4-7,10-11H2,1-3H3,(H,24,29)(H,30,31)/t14-,17?,18?,19?,20?,23?/m0/s1. The predicted molar refractivity (Wildman–Crippen MR) is 119 cm³/mol. The number of carboxylic acids is 1. The Kier molecular flexibility index (Phi) is 8.30. The zero-order valence-corrected chi connectivity index (χ0v) is 19.2. The SMILES string of the molecule is CCCN1CCCC[C@H]1C(=O)Nc1c(C)ccc(OC2OC(C(=O)O)C(O)C(O)C2O)c1C. The van der Waals surface area contributed by atoms with Gasteiger partial charge in [-0.2, -0.15) is 0 Å². The van der Waals surface area contributed by atoms with E-state index in [1.165, 1.54) is 0 Å². The van der Waals surface area contributed by atoms with Gasteiger partial charge in [0, 0.05) is 5.56 Å². The zero-order chi connectivity index (χ0) is 24.3. The van der Waals surface area contributed by atoms with Gasteiger partial charge in [-0.15, -0.1) is 0 Å². The summed E-state index contributed by atoms with van der Waals surface area (Å²) in [6.45, 7) is 7.42. The van der Waals surface area contributed by atoms with Gasteiger partial charge in [0.05, 0.1) is 11.7 Å². The fourth-order valence-corrected chi connectivity index (χ4v) is 4.47. The number of amides is 1. The van der Waals surface area contributed by atoms with Crippen LogP contribution in [0.2, 0.25) is 0 Å². The number of nitrogens with zero attached hydrogens (tertiary/aromatic N) is 1. The number of aliphatic carboxylic acids is 1. The Bertz CT molecular complexity index is 861. The Hall–Kier alpha value is -2.24. The maximum Gasteiger partial charge on any atom is 0.335 e. The van der Waals surface area contributed by atoms with Crippen molar-refractivity contribution in [3.05, 3.63) is 23.3 Å². The van der Waals surface area contributed by atoms with Gasteiger partial charge >= 0.3 is 5.97 Å². The molecule has 0 spiro atoms. The van der Waals surface area contributed by atoms with E-state index in [0.29, 0.717) is 11.3 Å². The molecule has 1 amide bonds. The van der Waals surface area contributed by atoms with Crippen molar-refractivity contribution >= 4 is 17.6 Å². The minimum Gasteiger partial charge on any atom is -0.479 e. The number of hydrogen-bond donors (Lipinski definition) is 5. The van der Waals surface area contributed by atoms with E-state index in [9.17, 15) is 30.0 Å². The summed E-state index contributed by atoms with van der Waals surface area (Å²) in [5, 5.41) is 42.4. The number of aryl methyl sites for hydroxylation is 1. The van der Waals surface area contributed by atoms with Crippen molar-refractivity contribution in [1.29, 1.82) is 0 Å². The van der Waals surface area contributed by atoms with E-state index in [4.69, 9.17) is 9.47 Å². The van der Waals surface area contributed by atoms with Crippen LogP contribution in [0.15, 0.2) is 12.1 Å². The number of carboxylic acid groups (broad SMARTS) is 1. The molecule has 5 unspecified atom stereocenters. The van der Waals surface area contributed by atoms with Crippen LogP contribution in [0.4, 0.5) is 5.69 Å². The fourth-order valence-electron chi connectivity index (χ4n) is 4.47. The molecule has 10 nitrogen and oxygen atoms in total. The molecule has 2 heterocycles. The molecule has 1 aromatic carbocycles. The van der Waals surface area contributed by atoms with E-state index in [1.54, 1.807) is 19.1 Å². The zero-order valence-electron chi connectivity index (χ0n) is 19.2. The van der Waals surface area contributed by atoms with E-state index in [-0.39, 0.29) is 17.7 Å². The average Bonchev–Trinajstić information content (AvgIpc) is 2.78. The summed E-state index contributed by atoms with van der Waals surface area (Å²) >= 11 is 0. The van der Waals surface area contributed by atoms with Gasteiger partial charge in [0.1, 0.15) is 24.1 Å². The maximum atomic E-state index is 13.1. The summed E-state index contributed by atoms with van der Waals surface area (Å²) in [4.78, 5) is 26.7. The molecule has 2 aliphatic heterocycles. The van der Waals surface area contributed by atoms with Gasteiger partial charge in [-0.1, -0.05) is 19.4 Å². The summed E-state index contributed by atoms with van der Waals surface area (Å²) in [6.07, 6.45) is -4.67. The van der Waals surface area contributed by atoms with Gasteiger partial charge in [-0.25, -0.2) is 4.79 Å². The van der Waals surface area contributed by atoms with E-state index < -0.39 is 36.7 Å². The van der Waals surface area contributed by atoms with Crippen LogP contribution >= 0.6 is 0 Å². The summed E-state index contributed by atoms with van der Waals surface area (Å²) in [6, 6.07) is 3.14. The van der Waals surface area contributed by atoms with Gasteiger partial charge < -0.3 is 35.2 Å². The molecule has 0 radical (unpaired) electrons. The van der Waals surface area contributed by atoms with Crippen LogP contribution in [0.1, 0.15) is 43.7 Å². The Morgan fingerprint density at radius 3 is 2.55 bits per heavy atom. The van der Waals surface area contributed by atoms with Crippen molar-refractivity contribution in [2.45, 2.75) is 83.2 Å². The third-order valence-corrected chi connectivity index (χ3v) is 6.36. The van der Waals surface area contributed by atoms with Gasteiger partial charge in [-0.3, -0.25) is 9.69 Å². The molecule has 2 fully saturated rings. The molecule has 5 N–H and O–H groups in total. The lowest BCUT2D eigenvalue weighted by Gasteiger charge is -2.38. The second-order valence-corrected chi connectivity index (χ2v) is 8.77. The molecule has 0 saturated carbocycles. The van der Waals surface area contributed by atoms with Gasteiger partial charge in [0.15, 0.2) is 6.10 Å².